The highest BCUT2D eigenvalue weighted by atomic mass is 32.2. The van der Waals surface area contributed by atoms with Gasteiger partial charge in [-0.2, -0.15) is 8.42 Å². The number of nitro groups is 1. The van der Waals surface area contributed by atoms with E-state index in [1.165, 1.54) is 36.8 Å². The van der Waals surface area contributed by atoms with E-state index in [0.717, 1.165) is 68.7 Å². The summed E-state index contributed by atoms with van der Waals surface area (Å²) in [7, 11) is -4.65. The number of pyridine rings is 2. The van der Waals surface area contributed by atoms with Gasteiger partial charge in [-0.1, -0.05) is 38.1 Å². The number of fused-ring (bicyclic) bond motifs is 2. The van der Waals surface area contributed by atoms with Gasteiger partial charge in [-0.3, -0.25) is 29.6 Å². The first-order valence-corrected chi connectivity index (χ1v) is 24.0. The molecule has 0 bridgehead atoms. The van der Waals surface area contributed by atoms with E-state index in [0.29, 0.717) is 65.5 Å². The number of nitrogens with zero attached hydrogens (tertiary/aromatic N) is 7. The molecule has 0 radical (unpaired) electrons. The molecule has 2 aromatic carbocycles. The van der Waals surface area contributed by atoms with Gasteiger partial charge in [-0.25, -0.2) is 19.7 Å². The van der Waals surface area contributed by atoms with E-state index in [1.807, 2.05) is 24.3 Å². The third-order valence-electron chi connectivity index (χ3n) is 14.3. The second kappa shape index (κ2) is 16.9. The second-order valence-electron chi connectivity index (χ2n) is 18.5. The topological polar surface area (TPSA) is 194 Å². The zero-order chi connectivity index (χ0) is 44.2. The number of hydrogen-bond donors (Lipinski definition) is 3. The Bertz CT molecular complexity index is 2840. The Kier molecular flexibility index (Phi) is 11.1. The summed E-state index contributed by atoms with van der Waals surface area (Å²) in [5.41, 5.74) is 6.18. The van der Waals surface area contributed by atoms with Crippen molar-refractivity contribution in [1.82, 2.24) is 34.4 Å². The van der Waals surface area contributed by atoms with Gasteiger partial charge in [-0.15, -0.1) is 0 Å². The molecule has 334 valence electrons. The third-order valence-corrected chi connectivity index (χ3v) is 15.5. The first kappa shape index (κ1) is 42.1. The smallest absolute Gasteiger partial charge is 0.296 e. The molecule has 4 aliphatic rings. The zero-order valence-electron chi connectivity index (χ0n) is 36.2. The van der Waals surface area contributed by atoms with Gasteiger partial charge in [0.1, 0.15) is 11.2 Å². The van der Waals surface area contributed by atoms with Crippen LogP contribution in [0.4, 0.5) is 17.1 Å². The number of likely N-dealkylation sites (tertiary alicyclic amines) is 1. The van der Waals surface area contributed by atoms with Gasteiger partial charge in [-0.05, 0) is 117 Å². The molecule has 64 heavy (non-hydrogen) atoms. The van der Waals surface area contributed by atoms with Crippen LogP contribution in [0.2, 0.25) is 0 Å². The first-order valence-electron chi connectivity index (χ1n) is 22.5. The van der Waals surface area contributed by atoms with Gasteiger partial charge in [0.25, 0.3) is 21.6 Å². The van der Waals surface area contributed by atoms with Crippen molar-refractivity contribution in [2.45, 2.75) is 88.2 Å². The van der Waals surface area contributed by atoms with Crippen molar-refractivity contribution in [3.63, 3.8) is 0 Å². The van der Waals surface area contributed by atoms with E-state index < -0.39 is 31.6 Å². The molecule has 3 aliphatic heterocycles. The fourth-order valence-corrected chi connectivity index (χ4v) is 11.6. The SMILES string of the molecule is CC(C)c1ccccc1C1CCCN1C1CC2(CCN(c3ccc(C(=O)NS(=O)(=O)c4cc([N+](=O)[O-])c(NCC5CCOCC5)cn4)c(-n4[nH]cc5nc6nccc6cc54)c3)CC2)C1. The molecule has 4 aromatic heterocycles. The summed E-state index contributed by atoms with van der Waals surface area (Å²) >= 11 is 0. The fourth-order valence-electron chi connectivity index (χ4n) is 10.7. The molecule has 10 rings (SSSR count). The molecular formula is C47H54N10O6S. The van der Waals surface area contributed by atoms with E-state index in [9.17, 15) is 23.3 Å². The van der Waals surface area contributed by atoms with E-state index in [2.05, 4.69) is 73.0 Å². The molecular weight excluding hydrogens is 833 g/mol. The van der Waals surface area contributed by atoms with E-state index in [-0.39, 0.29) is 17.2 Å². The molecule has 1 saturated carbocycles. The van der Waals surface area contributed by atoms with Gasteiger partial charge in [0.05, 0.1) is 34.0 Å². The number of piperidine rings is 1. The maximum atomic E-state index is 14.2. The average Bonchev–Trinajstić information content (AvgIpc) is 4.07. The largest absolute Gasteiger partial charge is 0.381 e. The molecule has 7 heterocycles. The lowest BCUT2D eigenvalue weighted by molar-refractivity contribution is -0.384. The second-order valence-corrected chi connectivity index (χ2v) is 20.1. The molecule has 1 amide bonds. The summed E-state index contributed by atoms with van der Waals surface area (Å²) in [6.45, 7) is 9.13. The van der Waals surface area contributed by atoms with Gasteiger partial charge in [0, 0.05) is 68.4 Å². The molecule has 1 atom stereocenters. The maximum Gasteiger partial charge on any atom is 0.296 e. The minimum atomic E-state index is -4.65. The number of sulfonamides is 1. The van der Waals surface area contributed by atoms with Crippen molar-refractivity contribution in [2.75, 3.05) is 49.6 Å². The van der Waals surface area contributed by atoms with Crippen LogP contribution in [0.3, 0.4) is 0 Å². The number of nitrogens with one attached hydrogen (secondary N) is 3. The van der Waals surface area contributed by atoms with Crippen LogP contribution in [-0.4, -0.2) is 94.3 Å². The zero-order valence-corrected chi connectivity index (χ0v) is 37.0. The van der Waals surface area contributed by atoms with Crippen LogP contribution in [0.1, 0.15) is 98.7 Å². The molecule has 1 spiro atoms. The third kappa shape index (κ3) is 7.98. The van der Waals surface area contributed by atoms with Crippen LogP contribution in [0.5, 0.6) is 0 Å². The summed E-state index contributed by atoms with van der Waals surface area (Å²) < 4.78 is 36.9. The Balaban J connectivity index is 0.886. The van der Waals surface area contributed by atoms with Crippen molar-refractivity contribution in [2.24, 2.45) is 11.3 Å². The molecule has 1 unspecified atom stereocenters. The van der Waals surface area contributed by atoms with Crippen molar-refractivity contribution < 1.29 is 22.9 Å². The van der Waals surface area contributed by atoms with Gasteiger partial charge < -0.3 is 15.0 Å². The number of anilines is 2. The van der Waals surface area contributed by atoms with Crippen molar-refractivity contribution in [1.29, 1.82) is 0 Å². The number of carbonyl (C=O) groups is 1. The number of H-pyrrole nitrogens is 1. The molecule has 3 saturated heterocycles. The Labute approximate surface area is 372 Å². The molecule has 1 aliphatic carbocycles. The van der Waals surface area contributed by atoms with Crippen LogP contribution >= 0.6 is 0 Å². The Morgan fingerprint density at radius 3 is 2.59 bits per heavy atom. The van der Waals surface area contributed by atoms with Crippen LogP contribution in [0.25, 0.3) is 27.8 Å². The van der Waals surface area contributed by atoms with Crippen molar-refractivity contribution in [3.8, 4) is 5.69 Å². The molecule has 3 N–H and O–H groups in total. The monoisotopic (exact) mass is 886 g/mol. The lowest BCUT2D eigenvalue weighted by Crippen LogP contribution is -2.55. The average molecular weight is 887 g/mol. The highest BCUT2D eigenvalue weighted by molar-refractivity contribution is 7.90. The van der Waals surface area contributed by atoms with Crippen LogP contribution in [-0.2, 0) is 14.8 Å². The van der Waals surface area contributed by atoms with Gasteiger partial charge in [0.15, 0.2) is 10.7 Å². The maximum absolute atomic E-state index is 14.2. The quantitative estimate of drug-likeness (QED) is 0.0797. The predicted octanol–water partition coefficient (Wildman–Crippen LogP) is 7.87. The highest BCUT2D eigenvalue weighted by Crippen LogP contribution is 2.54. The number of benzene rings is 2. The lowest BCUT2D eigenvalue weighted by atomic mass is 9.59. The Hall–Kier alpha value is -5.91. The minimum absolute atomic E-state index is 0.0700. The van der Waals surface area contributed by atoms with Gasteiger partial charge >= 0.3 is 0 Å². The van der Waals surface area contributed by atoms with Crippen LogP contribution < -0.4 is 14.9 Å². The lowest BCUT2D eigenvalue weighted by Gasteiger charge is -2.56. The molecule has 4 fully saturated rings. The van der Waals surface area contributed by atoms with Crippen LogP contribution in [0, 0.1) is 21.4 Å². The number of aromatic amines is 1. The fraction of sp³-hybridized carbons (Fsp3) is 0.447. The van der Waals surface area contributed by atoms with Crippen LogP contribution in [0.15, 0.2) is 84.3 Å². The van der Waals surface area contributed by atoms with Crippen molar-refractivity contribution in [3.05, 3.63) is 106 Å². The summed E-state index contributed by atoms with van der Waals surface area (Å²) in [5.74, 6) is -0.168. The number of hydrogen-bond acceptors (Lipinski definition) is 12. The normalized spacial score (nSPS) is 19.7. The standard InChI is InChI=1S/C47H54N10O6S/c1-30(2)35-6-3-4-7-36(35)40-8-5-17-55(40)34-25-47(26-34)14-18-54(19-15-47)33-9-10-37(41(23-33)56-42-22-32-11-16-48-45(32)52-39(42)29-51-56)46(58)53-64(61,62)44-24-43(57(59)60)38(28-50-44)49-27-31-12-20-63-21-13-31/h3-4,6-7,9-11,16,22-24,28-31,34,40,49,51H,5,8,12-15,17-21,25-27H2,1-2H3,(H,53,58). The summed E-state index contributed by atoms with van der Waals surface area (Å²) in [5, 5.41) is 18.6. The van der Waals surface area contributed by atoms with E-state index in [1.54, 1.807) is 23.1 Å². The van der Waals surface area contributed by atoms with Crippen molar-refractivity contribution >= 4 is 55.1 Å². The number of amides is 1. The summed E-state index contributed by atoms with van der Waals surface area (Å²) in [4.78, 5) is 43.9. The number of rotatable bonds is 12. The number of carbonyl (C=O) groups excluding carboxylic acids is 1. The summed E-state index contributed by atoms with van der Waals surface area (Å²) in [6.07, 6.45) is 13.1. The minimum Gasteiger partial charge on any atom is -0.381 e. The number of aromatic nitrogens is 5. The Morgan fingerprint density at radius 2 is 1.81 bits per heavy atom. The highest BCUT2D eigenvalue weighted by Gasteiger charge is 2.50. The molecule has 17 heteroatoms. The Morgan fingerprint density at radius 1 is 1.02 bits per heavy atom. The number of ether oxygens (including phenoxy) is 1. The van der Waals surface area contributed by atoms with Gasteiger partial charge in [0.2, 0.25) is 0 Å². The molecule has 16 nitrogen and oxygen atoms in total. The van der Waals surface area contributed by atoms with E-state index in [4.69, 9.17) is 9.72 Å². The first-order chi connectivity index (χ1) is 30.9. The van der Waals surface area contributed by atoms with E-state index >= 15 is 0 Å². The molecule has 6 aromatic rings. The predicted molar refractivity (Wildman–Crippen MR) is 244 cm³/mol. The summed E-state index contributed by atoms with van der Waals surface area (Å²) in [6, 6.07) is 20.1.